The number of nitrogens with zero attached hydrogens (tertiary/aromatic N) is 4. The molecule has 9 heteroatoms. The number of carbonyl (C=O) groups is 1. The zero-order valence-corrected chi connectivity index (χ0v) is 18.7. The Morgan fingerprint density at radius 3 is 2.50 bits per heavy atom. The lowest BCUT2D eigenvalue weighted by Gasteiger charge is -2.25. The highest BCUT2D eigenvalue weighted by Gasteiger charge is 2.42. The van der Waals surface area contributed by atoms with E-state index in [2.05, 4.69) is 4.98 Å². The van der Waals surface area contributed by atoms with Crippen LogP contribution < -0.4 is 5.43 Å². The van der Waals surface area contributed by atoms with Crippen LogP contribution in [0.5, 0.6) is 0 Å². The van der Waals surface area contributed by atoms with Crippen LogP contribution in [0, 0.1) is 24.0 Å². The van der Waals surface area contributed by atoms with Gasteiger partial charge in [-0.2, -0.15) is 0 Å². The summed E-state index contributed by atoms with van der Waals surface area (Å²) >= 11 is 0. The van der Waals surface area contributed by atoms with Gasteiger partial charge >= 0.3 is 0 Å². The summed E-state index contributed by atoms with van der Waals surface area (Å²) in [6, 6.07) is 8.84. The highest BCUT2D eigenvalue weighted by Crippen LogP contribution is 2.39. The third-order valence-corrected chi connectivity index (χ3v) is 6.38. The molecule has 0 N–H and O–H groups in total. The summed E-state index contributed by atoms with van der Waals surface area (Å²) < 4.78 is 7.93. The monoisotopic (exact) mass is 458 g/mol. The molecule has 0 saturated heterocycles. The van der Waals surface area contributed by atoms with E-state index in [9.17, 15) is 19.7 Å². The standard InChI is InChI=1S/C25H22N4O5/c1-15-12-19-20(13-16(15)2)34-24-21(23(19)30)22(17-4-6-18(7-5-17)29(32)33)28(25(24)31)10-3-9-27-11-8-26-14-27/h4-8,11-14,22H,3,9-10H2,1-2H3/t22-/m0/s1. The number of hydrogen-bond donors (Lipinski definition) is 0. The van der Waals surface area contributed by atoms with Crippen LogP contribution in [0.25, 0.3) is 11.0 Å². The highest BCUT2D eigenvalue weighted by atomic mass is 16.6. The van der Waals surface area contributed by atoms with Gasteiger partial charge in [-0.25, -0.2) is 4.98 Å². The summed E-state index contributed by atoms with van der Waals surface area (Å²) in [6.07, 6.45) is 5.87. The van der Waals surface area contributed by atoms with E-state index in [0.29, 0.717) is 36.0 Å². The molecule has 1 aliphatic heterocycles. The summed E-state index contributed by atoms with van der Waals surface area (Å²) in [7, 11) is 0. The number of hydrogen-bond acceptors (Lipinski definition) is 6. The molecule has 5 rings (SSSR count). The van der Waals surface area contributed by atoms with Gasteiger partial charge < -0.3 is 13.9 Å². The van der Waals surface area contributed by atoms with Crippen molar-refractivity contribution in [3.8, 4) is 0 Å². The van der Waals surface area contributed by atoms with E-state index >= 15 is 0 Å². The minimum Gasteiger partial charge on any atom is -0.450 e. The SMILES string of the molecule is Cc1cc2oc3c(c(=O)c2cc1C)[C@H](c1ccc([N+](=O)[O-])cc1)N(CCCn1ccnc1)C3=O. The fraction of sp³-hybridized carbons (Fsp3) is 0.240. The van der Waals surface area contributed by atoms with Gasteiger partial charge in [-0.1, -0.05) is 0 Å². The van der Waals surface area contributed by atoms with Crippen molar-refractivity contribution in [2.75, 3.05) is 6.54 Å². The molecule has 1 aliphatic rings. The molecule has 0 spiro atoms. The molecule has 4 aromatic rings. The number of nitro groups is 1. The molecule has 3 heterocycles. The average Bonchev–Trinajstić information content (AvgIpc) is 3.43. The molecule has 0 radical (unpaired) electrons. The number of nitro benzene ring substituents is 1. The number of amides is 1. The number of aryl methyl sites for hydroxylation is 3. The van der Waals surface area contributed by atoms with Crippen LogP contribution >= 0.6 is 0 Å². The zero-order chi connectivity index (χ0) is 24.0. The molecule has 0 fully saturated rings. The van der Waals surface area contributed by atoms with Gasteiger partial charge in [0.15, 0.2) is 5.43 Å². The molecule has 2 aromatic heterocycles. The predicted octanol–water partition coefficient (Wildman–Crippen LogP) is 4.15. The van der Waals surface area contributed by atoms with Crippen molar-refractivity contribution >= 4 is 22.6 Å². The quantitative estimate of drug-likeness (QED) is 0.317. The normalized spacial score (nSPS) is 15.2. The molecule has 1 amide bonds. The first kappa shape index (κ1) is 21.6. The van der Waals surface area contributed by atoms with Crippen LogP contribution in [0.2, 0.25) is 0 Å². The molecule has 9 nitrogen and oxygen atoms in total. The average molecular weight is 458 g/mol. The summed E-state index contributed by atoms with van der Waals surface area (Å²) in [5.74, 6) is -0.326. The lowest BCUT2D eigenvalue weighted by atomic mass is 9.97. The maximum absolute atomic E-state index is 13.6. The minimum absolute atomic E-state index is 0.0340. The summed E-state index contributed by atoms with van der Waals surface area (Å²) in [6.45, 7) is 4.86. The van der Waals surface area contributed by atoms with Crippen LogP contribution in [0.15, 0.2) is 64.3 Å². The smallest absolute Gasteiger partial charge is 0.290 e. The Kier molecular flexibility index (Phi) is 5.24. The highest BCUT2D eigenvalue weighted by molar-refractivity contribution is 5.99. The van der Waals surface area contributed by atoms with E-state index in [-0.39, 0.29) is 28.3 Å². The topological polar surface area (TPSA) is 111 Å². The Morgan fingerprint density at radius 1 is 1.09 bits per heavy atom. The third-order valence-electron chi connectivity index (χ3n) is 6.38. The van der Waals surface area contributed by atoms with Crippen molar-refractivity contribution < 1.29 is 14.1 Å². The second-order valence-electron chi connectivity index (χ2n) is 8.51. The number of benzene rings is 2. The van der Waals surface area contributed by atoms with Crippen molar-refractivity contribution in [1.29, 1.82) is 0 Å². The van der Waals surface area contributed by atoms with Gasteiger partial charge in [-0.15, -0.1) is 0 Å². The lowest BCUT2D eigenvalue weighted by molar-refractivity contribution is -0.384. The molecule has 0 aliphatic carbocycles. The van der Waals surface area contributed by atoms with Gasteiger partial charge in [0.1, 0.15) is 5.58 Å². The van der Waals surface area contributed by atoms with Gasteiger partial charge in [0, 0.05) is 37.6 Å². The van der Waals surface area contributed by atoms with Gasteiger partial charge in [0.05, 0.1) is 28.2 Å². The summed E-state index contributed by atoms with van der Waals surface area (Å²) in [5, 5.41) is 11.5. The number of imidazole rings is 1. The van der Waals surface area contributed by atoms with Crippen LogP contribution in [-0.2, 0) is 6.54 Å². The fourth-order valence-corrected chi connectivity index (χ4v) is 4.47. The maximum Gasteiger partial charge on any atom is 0.290 e. The van der Waals surface area contributed by atoms with Gasteiger partial charge in [0.2, 0.25) is 5.76 Å². The van der Waals surface area contributed by atoms with Gasteiger partial charge in [-0.3, -0.25) is 19.7 Å². The van der Waals surface area contributed by atoms with Gasteiger partial charge in [0.25, 0.3) is 11.6 Å². The fourth-order valence-electron chi connectivity index (χ4n) is 4.47. The summed E-state index contributed by atoms with van der Waals surface area (Å²) in [4.78, 5) is 43.4. The lowest BCUT2D eigenvalue weighted by Crippen LogP contribution is -2.31. The van der Waals surface area contributed by atoms with Crippen LogP contribution in [-0.4, -0.2) is 31.8 Å². The molecule has 0 bridgehead atoms. The van der Waals surface area contributed by atoms with E-state index in [0.717, 1.165) is 11.1 Å². The van der Waals surface area contributed by atoms with E-state index in [4.69, 9.17) is 4.42 Å². The molecule has 1 atom stereocenters. The number of fused-ring (bicyclic) bond motifs is 2. The number of rotatable bonds is 6. The number of aromatic nitrogens is 2. The summed E-state index contributed by atoms with van der Waals surface area (Å²) in [5.41, 5.74) is 2.87. The number of non-ortho nitro benzene ring substituents is 1. The maximum atomic E-state index is 13.6. The largest absolute Gasteiger partial charge is 0.450 e. The molecule has 2 aromatic carbocycles. The molecular formula is C25H22N4O5. The number of carbonyl (C=O) groups excluding carboxylic acids is 1. The van der Waals surface area contributed by atoms with Crippen LogP contribution in [0.3, 0.4) is 0 Å². The van der Waals surface area contributed by atoms with Crippen molar-refractivity contribution in [1.82, 2.24) is 14.5 Å². The zero-order valence-electron chi connectivity index (χ0n) is 18.7. The second-order valence-corrected chi connectivity index (χ2v) is 8.51. The Hall–Kier alpha value is -4.27. The molecule has 0 saturated carbocycles. The predicted molar refractivity (Wildman–Crippen MR) is 125 cm³/mol. The minimum atomic E-state index is -0.687. The van der Waals surface area contributed by atoms with Crippen molar-refractivity contribution in [3.63, 3.8) is 0 Å². The molecular weight excluding hydrogens is 436 g/mol. The molecule has 0 unspecified atom stereocenters. The van der Waals surface area contributed by atoms with Crippen molar-refractivity contribution in [3.05, 3.63) is 103 Å². The first-order valence-corrected chi connectivity index (χ1v) is 10.9. The van der Waals surface area contributed by atoms with E-state index < -0.39 is 11.0 Å². The van der Waals surface area contributed by atoms with Crippen LogP contribution in [0.4, 0.5) is 5.69 Å². The molecule has 172 valence electrons. The molecule has 34 heavy (non-hydrogen) atoms. The van der Waals surface area contributed by atoms with Crippen LogP contribution in [0.1, 0.15) is 45.3 Å². The van der Waals surface area contributed by atoms with Gasteiger partial charge in [-0.05, 0) is 61.2 Å². The van der Waals surface area contributed by atoms with E-state index in [1.165, 1.54) is 12.1 Å². The second kappa shape index (κ2) is 8.26. The van der Waals surface area contributed by atoms with Crippen molar-refractivity contribution in [2.45, 2.75) is 32.9 Å². The third kappa shape index (κ3) is 3.55. The Balaban J connectivity index is 1.61. The first-order chi connectivity index (χ1) is 16.3. The van der Waals surface area contributed by atoms with E-state index in [1.54, 1.807) is 41.7 Å². The van der Waals surface area contributed by atoms with E-state index in [1.807, 2.05) is 24.6 Å². The Bertz CT molecular complexity index is 1470. The Labute approximate surface area is 194 Å². The first-order valence-electron chi connectivity index (χ1n) is 10.9. The van der Waals surface area contributed by atoms with Crippen molar-refractivity contribution in [2.24, 2.45) is 0 Å². The Morgan fingerprint density at radius 2 is 1.82 bits per heavy atom.